The Bertz CT molecular complexity index is 684. The fourth-order valence-corrected chi connectivity index (χ4v) is 2.93. The standard InChI is InChI=1S/C21H27NO.C2H6/c1-20(2,3)14-8-10-16-18(12-14)23-19-13-15(21(4,5)6)9-11-17(19)22(16)7;1-2/h8-13H,1-7H3;1-2H3. The fraction of sp³-hybridized carbons (Fsp3) is 0.478. The molecule has 0 spiro atoms. The topological polar surface area (TPSA) is 12.5 Å². The molecule has 0 aromatic heterocycles. The van der Waals surface area contributed by atoms with Crippen LogP contribution in [-0.4, -0.2) is 7.05 Å². The number of fused-ring (bicyclic) bond motifs is 2. The van der Waals surface area contributed by atoms with Crippen LogP contribution in [0.25, 0.3) is 0 Å². The molecule has 25 heavy (non-hydrogen) atoms. The lowest BCUT2D eigenvalue weighted by Gasteiger charge is -2.32. The first-order valence-corrected chi connectivity index (χ1v) is 9.28. The minimum atomic E-state index is 0.116. The molecule has 0 radical (unpaired) electrons. The molecule has 2 nitrogen and oxygen atoms in total. The zero-order valence-corrected chi connectivity index (χ0v) is 17.3. The van der Waals surface area contributed by atoms with Gasteiger partial charge in [-0.2, -0.15) is 0 Å². The maximum Gasteiger partial charge on any atom is 0.151 e. The van der Waals surface area contributed by atoms with Crippen molar-refractivity contribution in [2.24, 2.45) is 0 Å². The molecule has 2 heteroatoms. The van der Waals surface area contributed by atoms with E-state index in [4.69, 9.17) is 4.74 Å². The van der Waals surface area contributed by atoms with Crippen molar-refractivity contribution in [3.05, 3.63) is 47.5 Å². The van der Waals surface area contributed by atoms with Crippen molar-refractivity contribution in [3.8, 4) is 11.5 Å². The zero-order chi connectivity index (χ0) is 19.0. The fourth-order valence-electron chi connectivity index (χ4n) is 2.93. The molecule has 0 atom stereocenters. The molecular formula is C23H33NO. The van der Waals surface area contributed by atoms with E-state index in [9.17, 15) is 0 Å². The van der Waals surface area contributed by atoms with Gasteiger partial charge in [-0.1, -0.05) is 67.5 Å². The molecule has 0 saturated heterocycles. The summed E-state index contributed by atoms with van der Waals surface area (Å²) < 4.78 is 6.28. The predicted octanol–water partition coefficient (Wildman–Crippen LogP) is 7.18. The van der Waals surface area contributed by atoms with Gasteiger partial charge in [-0.25, -0.2) is 0 Å². The van der Waals surface area contributed by atoms with Crippen LogP contribution in [0.3, 0.4) is 0 Å². The Morgan fingerprint density at radius 1 is 0.680 bits per heavy atom. The normalized spacial score (nSPS) is 13.2. The molecule has 0 fully saturated rings. The van der Waals surface area contributed by atoms with Crippen LogP contribution in [0.15, 0.2) is 36.4 Å². The number of nitrogens with zero attached hydrogens (tertiary/aromatic N) is 1. The lowest BCUT2D eigenvalue weighted by molar-refractivity contribution is 0.468. The van der Waals surface area contributed by atoms with E-state index in [1.165, 1.54) is 11.1 Å². The second kappa shape index (κ2) is 6.74. The molecule has 0 bridgehead atoms. The van der Waals surface area contributed by atoms with E-state index in [2.05, 4.69) is 89.9 Å². The summed E-state index contributed by atoms with van der Waals surface area (Å²) in [7, 11) is 2.10. The van der Waals surface area contributed by atoms with E-state index >= 15 is 0 Å². The average Bonchev–Trinajstić information content (AvgIpc) is 2.54. The van der Waals surface area contributed by atoms with Gasteiger partial charge in [0, 0.05) is 7.05 Å². The summed E-state index contributed by atoms with van der Waals surface area (Å²) in [5.41, 5.74) is 5.05. The highest BCUT2D eigenvalue weighted by molar-refractivity contribution is 5.78. The molecule has 1 heterocycles. The van der Waals surface area contributed by atoms with Gasteiger partial charge in [-0.15, -0.1) is 0 Å². The lowest BCUT2D eigenvalue weighted by atomic mass is 9.86. The molecule has 0 aliphatic carbocycles. The number of hydrogen-bond donors (Lipinski definition) is 0. The average molecular weight is 340 g/mol. The molecule has 1 aliphatic heterocycles. The van der Waals surface area contributed by atoms with Gasteiger partial charge in [0.25, 0.3) is 0 Å². The van der Waals surface area contributed by atoms with Crippen LogP contribution >= 0.6 is 0 Å². The van der Waals surface area contributed by atoms with E-state index in [1.54, 1.807) is 0 Å². The summed E-state index contributed by atoms with van der Waals surface area (Å²) >= 11 is 0. The Hall–Kier alpha value is -1.96. The summed E-state index contributed by atoms with van der Waals surface area (Å²) in [5, 5.41) is 0. The summed E-state index contributed by atoms with van der Waals surface area (Å²) in [6, 6.07) is 13.1. The van der Waals surface area contributed by atoms with Gasteiger partial charge < -0.3 is 9.64 Å². The molecule has 0 amide bonds. The van der Waals surface area contributed by atoms with Crippen LogP contribution in [0.2, 0.25) is 0 Å². The molecule has 1 aliphatic rings. The number of anilines is 2. The maximum absolute atomic E-state index is 6.28. The largest absolute Gasteiger partial charge is 0.453 e. The first-order chi connectivity index (χ1) is 11.6. The van der Waals surface area contributed by atoms with E-state index < -0.39 is 0 Å². The second-order valence-corrected chi connectivity index (χ2v) is 8.53. The maximum atomic E-state index is 6.28. The summed E-state index contributed by atoms with van der Waals surface area (Å²) in [6.07, 6.45) is 0. The third-order valence-corrected chi connectivity index (χ3v) is 4.59. The van der Waals surface area contributed by atoms with Crippen molar-refractivity contribution in [2.75, 3.05) is 11.9 Å². The Morgan fingerprint density at radius 2 is 1.04 bits per heavy atom. The highest BCUT2D eigenvalue weighted by Crippen LogP contribution is 2.48. The number of ether oxygens (including phenoxy) is 1. The van der Waals surface area contributed by atoms with Gasteiger partial charge >= 0.3 is 0 Å². The molecule has 0 saturated carbocycles. The third kappa shape index (κ3) is 3.84. The van der Waals surface area contributed by atoms with E-state index in [0.717, 1.165) is 22.9 Å². The van der Waals surface area contributed by atoms with Crippen molar-refractivity contribution in [3.63, 3.8) is 0 Å². The third-order valence-electron chi connectivity index (χ3n) is 4.59. The van der Waals surface area contributed by atoms with Gasteiger partial charge in [0.1, 0.15) is 0 Å². The predicted molar refractivity (Wildman–Crippen MR) is 110 cm³/mol. The molecule has 0 N–H and O–H groups in total. The van der Waals surface area contributed by atoms with Gasteiger partial charge in [0.2, 0.25) is 0 Å². The van der Waals surface area contributed by atoms with Gasteiger partial charge in [0.15, 0.2) is 11.5 Å². The quantitative estimate of drug-likeness (QED) is 0.504. The molecule has 0 unspecified atom stereocenters. The summed E-state index contributed by atoms with van der Waals surface area (Å²) in [4.78, 5) is 2.22. The van der Waals surface area contributed by atoms with Crippen molar-refractivity contribution >= 4 is 11.4 Å². The molecule has 2 aromatic rings. The molecule has 136 valence electrons. The number of rotatable bonds is 0. The van der Waals surface area contributed by atoms with Crippen molar-refractivity contribution in [2.45, 2.75) is 66.2 Å². The van der Waals surface area contributed by atoms with Gasteiger partial charge in [-0.05, 0) is 46.2 Å². The van der Waals surface area contributed by atoms with Crippen LogP contribution < -0.4 is 9.64 Å². The number of benzene rings is 2. The first-order valence-electron chi connectivity index (χ1n) is 9.28. The SMILES string of the molecule is CC.CN1c2ccc(C(C)(C)C)cc2Oc2cc(C(C)(C)C)ccc21. The van der Waals surface area contributed by atoms with Gasteiger partial charge in [-0.3, -0.25) is 0 Å². The van der Waals surface area contributed by atoms with Crippen LogP contribution in [0, 0.1) is 0 Å². The second-order valence-electron chi connectivity index (χ2n) is 8.53. The molecule has 2 aromatic carbocycles. The zero-order valence-electron chi connectivity index (χ0n) is 17.3. The number of hydrogen-bond acceptors (Lipinski definition) is 2. The van der Waals surface area contributed by atoms with E-state index in [1.807, 2.05) is 13.8 Å². The van der Waals surface area contributed by atoms with E-state index in [0.29, 0.717) is 0 Å². The monoisotopic (exact) mass is 339 g/mol. The molecule has 3 rings (SSSR count). The Labute approximate surface area is 153 Å². The lowest BCUT2D eigenvalue weighted by Crippen LogP contribution is -2.19. The van der Waals surface area contributed by atoms with Crippen LogP contribution in [0.1, 0.15) is 66.5 Å². The van der Waals surface area contributed by atoms with Crippen LogP contribution in [0.5, 0.6) is 11.5 Å². The van der Waals surface area contributed by atoms with Crippen molar-refractivity contribution in [1.82, 2.24) is 0 Å². The van der Waals surface area contributed by atoms with Crippen molar-refractivity contribution in [1.29, 1.82) is 0 Å². The minimum Gasteiger partial charge on any atom is -0.453 e. The highest BCUT2D eigenvalue weighted by Gasteiger charge is 2.26. The Kier molecular flexibility index (Phi) is 5.22. The van der Waals surface area contributed by atoms with Crippen molar-refractivity contribution < 1.29 is 4.74 Å². The summed E-state index contributed by atoms with van der Waals surface area (Å²) in [5.74, 6) is 1.89. The Morgan fingerprint density at radius 3 is 1.36 bits per heavy atom. The van der Waals surface area contributed by atoms with Gasteiger partial charge in [0.05, 0.1) is 11.4 Å². The summed E-state index contributed by atoms with van der Waals surface area (Å²) in [6.45, 7) is 17.4. The van der Waals surface area contributed by atoms with E-state index in [-0.39, 0.29) is 10.8 Å². The molecular weight excluding hydrogens is 306 g/mol. The van der Waals surface area contributed by atoms with Crippen LogP contribution in [-0.2, 0) is 10.8 Å². The Balaban J connectivity index is 0.00000109. The highest BCUT2D eigenvalue weighted by atomic mass is 16.5. The smallest absolute Gasteiger partial charge is 0.151 e. The minimum absolute atomic E-state index is 0.116. The first kappa shape index (κ1) is 19.4. The van der Waals surface area contributed by atoms with Crippen LogP contribution in [0.4, 0.5) is 11.4 Å².